The zero-order valence-corrected chi connectivity index (χ0v) is 9.19. The summed E-state index contributed by atoms with van der Waals surface area (Å²) in [6, 6.07) is 10.2. The van der Waals surface area contributed by atoms with Crippen molar-refractivity contribution in [3.8, 4) is 5.69 Å². The lowest BCUT2D eigenvalue weighted by Crippen LogP contribution is -2.27. The fourth-order valence-electron chi connectivity index (χ4n) is 1.22. The molecule has 5 heteroatoms. The van der Waals surface area contributed by atoms with E-state index in [0.717, 1.165) is 0 Å². The van der Waals surface area contributed by atoms with Gasteiger partial charge in [-0.1, -0.05) is 18.2 Å². The van der Waals surface area contributed by atoms with Gasteiger partial charge in [0, 0.05) is 6.07 Å². The number of para-hydroxylation sites is 1. The molecule has 2 rings (SSSR count). The Morgan fingerprint density at radius 1 is 1.13 bits per heavy atom. The van der Waals surface area contributed by atoms with Crippen LogP contribution in [0.2, 0.25) is 0 Å². The Balaban J connectivity index is 2.70. The Bertz CT molecular complexity index is 586. The molecule has 1 aromatic heterocycles. The molecule has 0 aliphatic heterocycles. The first-order chi connectivity index (χ1) is 7.18. The maximum Gasteiger partial charge on any atom is 0.277 e. The molecule has 1 aromatic carbocycles. The number of hydrogen-bond donors (Lipinski definition) is 1. The Morgan fingerprint density at radius 2 is 1.80 bits per heavy atom. The summed E-state index contributed by atoms with van der Waals surface area (Å²) in [5, 5.41) is 2.46. The molecule has 15 heavy (non-hydrogen) atoms. The molecule has 0 amide bonds. The van der Waals surface area contributed by atoms with E-state index in [0.29, 0.717) is 5.69 Å². The summed E-state index contributed by atoms with van der Waals surface area (Å²) < 4.78 is 1.44. The number of benzene rings is 1. The van der Waals surface area contributed by atoms with Gasteiger partial charge in [0.15, 0.2) is 0 Å². The third kappa shape index (κ3) is 1.92. The van der Waals surface area contributed by atoms with Crippen LogP contribution in [0.5, 0.6) is 0 Å². The average Bonchev–Trinajstić information content (AvgIpc) is 2.25. The lowest BCUT2D eigenvalue weighted by Gasteiger charge is -2.03. The molecule has 0 aliphatic carbocycles. The molecule has 76 valence electrons. The van der Waals surface area contributed by atoms with Crippen molar-refractivity contribution in [1.29, 1.82) is 0 Å². The second kappa shape index (κ2) is 3.86. The fourth-order valence-corrected chi connectivity index (χ4v) is 1.50. The first kappa shape index (κ1) is 9.92. The number of hydrogen-bond acceptors (Lipinski definition) is 2. The molecule has 1 heterocycles. The van der Waals surface area contributed by atoms with E-state index in [1.54, 1.807) is 24.3 Å². The van der Waals surface area contributed by atoms with Crippen LogP contribution in [0.15, 0.2) is 50.5 Å². The van der Waals surface area contributed by atoms with E-state index < -0.39 is 0 Å². The smallest absolute Gasteiger partial charge is 0.267 e. The van der Waals surface area contributed by atoms with Crippen LogP contribution in [0.3, 0.4) is 0 Å². The summed E-state index contributed by atoms with van der Waals surface area (Å²) in [5.74, 6) is 0. The van der Waals surface area contributed by atoms with Crippen LogP contribution in [0.25, 0.3) is 5.69 Å². The van der Waals surface area contributed by atoms with Crippen molar-refractivity contribution in [2.45, 2.75) is 0 Å². The van der Waals surface area contributed by atoms with E-state index in [4.69, 9.17) is 0 Å². The van der Waals surface area contributed by atoms with Crippen LogP contribution in [0.4, 0.5) is 0 Å². The zero-order chi connectivity index (χ0) is 10.8. The molecule has 0 unspecified atom stereocenters. The minimum absolute atomic E-state index is 0.236. The molecule has 0 saturated heterocycles. The van der Waals surface area contributed by atoms with Gasteiger partial charge in [-0.25, -0.2) is 4.68 Å². The quantitative estimate of drug-likeness (QED) is 0.846. The highest BCUT2D eigenvalue weighted by atomic mass is 79.9. The molecule has 0 atom stereocenters. The molecule has 0 spiro atoms. The van der Waals surface area contributed by atoms with Crippen LogP contribution in [-0.4, -0.2) is 9.78 Å². The van der Waals surface area contributed by atoms with E-state index in [1.807, 2.05) is 6.07 Å². The maximum atomic E-state index is 11.6. The summed E-state index contributed by atoms with van der Waals surface area (Å²) in [4.78, 5) is 22.9. The van der Waals surface area contributed by atoms with Crippen molar-refractivity contribution in [3.05, 3.63) is 61.6 Å². The van der Waals surface area contributed by atoms with Gasteiger partial charge in [-0.15, -0.1) is 0 Å². The van der Waals surface area contributed by atoms with Crippen LogP contribution in [-0.2, 0) is 0 Å². The van der Waals surface area contributed by atoms with E-state index in [1.165, 1.54) is 10.7 Å². The zero-order valence-electron chi connectivity index (χ0n) is 7.61. The Hall–Kier alpha value is -1.62. The van der Waals surface area contributed by atoms with E-state index >= 15 is 0 Å². The van der Waals surface area contributed by atoms with Crippen molar-refractivity contribution < 1.29 is 0 Å². The maximum absolute atomic E-state index is 11.6. The highest BCUT2D eigenvalue weighted by Gasteiger charge is 2.02. The summed E-state index contributed by atoms with van der Waals surface area (Å²) in [7, 11) is 0. The summed E-state index contributed by atoms with van der Waals surface area (Å²) >= 11 is 3.00. The third-order valence-corrected chi connectivity index (χ3v) is 2.50. The molecule has 0 aliphatic rings. The number of H-pyrrole nitrogens is 1. The SMILES string of the molecule is O=c1[nH]n(-c2ccccc2)c(=O)cc1Br. The van der Waals surface area contributed by atoms with E-state index in [-0.39, 0.29) is 15.6 Å². The molecule has 0 radical (unpaired) electrons. The summed E-state index contributed by atoms with van der Waals surface area (Å²) in [6.45, 7) is 0. The molecule has 0 bridgehead atoms. The third-order valence-electron chi connectivity index (χ3n) is 1.92. The predicted octanol–water partition coefficient (Wildman–Crippen LogP) is 1.29. The number of aromatic amines is 1. The Labute approximate surface area is 93.3 Å². The van der Waals surface area contributed by atoms with Crippen LogP contribution < -0.4 is 11.1 Å². The lowest BCUT2D eigenvalue weighted by molar-refractivity contribution is 0.781. The van der Waals surface area contributed by atoms with Gasteiger partial charge < -0.3 is 0 Å². The normalized spacial score (nSPS) is 10.2. The standard InChI is InChI=1S/C10H7BrN2O2/c11-8-6-9(14)13(12-10(8)15)7-4-2-1-3-5-7/h1-6H,(H,12,15). The summed E-state index contributed by atoms with van der Waals surface area (Å²) in [6.07, 6.45) is 0. The van der Waals surface area contributed by atoms with Crippen molar-refractivity contribution in [1.82, 2.24) is 9.78 Å². The molecular formula is C10H7BrN2O2. The first-order valence-corrected chi connectivity index (χ1v) is 5.05. The molecule has 1 N–H and O–H groups in total. The van der Waals surface area contributed by atoms with Gasteiger partial charge in [-0.3, -0.25) is 14.7 Å². The van der Waals surface area contributed by atoms with Gasteiger partial charge >= 0.3 is 0 Å². The number of nitrogens with zero attached hydrogens (tertiary/aromatic N) is 1. The second-order valence-corrected chi connectivity index (χ2v) is 3.80. The second-order valence-electron chi connectivity index (χ2n) is 2.94. The molecule has 0 saturated carbocycles. The molecule has 4 nitrogen and oxygen atoms in total. The van der Waals surface area contributed by atoms with Crippen molar-refractivity contribution in [3.63, 3.8) is 0 Å². The van der Waals surface area contributed by atoms with Gasteiger partial charge in [0.2, 0.25) is 0 Å². The number of nitrogens with one attached hydrogen (secondary N) is 1. The number of aromatic nitrogens is 2. The van der Waals surface area contributed by atoms with Gasteiger partial charge in [-0.05, 0) is 28.1 Å². The molecular weight excluding hydrogens is 260 g/mol. The Kier molecular flexibility index (Phi) is 2.55. The van der Waals surface area contributed by atoms with Gasteiger partial charge in [0.1, 0.15) is 0 Å². The van der Waals surface area contributed by atoms with Gasteiger partial charge in [0.25, 0.3) is 11.1 Å². The number of rotatable bonds is 1. The largest absolute Gasteiger partial charge is 0.277 e. The highest BCUT2D eigenvalue weighted by Crippen LogP contribution is 2.02. The van der Waals surface area contributed by atoms with Crippen LogP contribution in [0.1, 0.15) is 0 Å². The topological polar surface area (TPSA) is 54.9 Å². The molecule has 2 aromatic rings. The number of halogens is 1. The van der Waals surface area contributed by atoms with E-state index in [9.17, 15) is 9.59 Å². The van der Waals surface area contributed by atoms with E-state index in [2.05, 4.69) is 21.0 Å². The fraction of sp³-hybridized carbons (Fsp3) is 0. The average molecular weight is 267 g/mol. The first-order valence-electron chi connectivity index (χ1n) is 4.26. The minimum atomic E-state index is -0.335. The van der Waals surface area contributed by atoms with Crippen LogP contribution in [0, 0.1) is 0 Å². The monoisotopic (exact) mass is 266 g/mol. The summed E-state index contributed by atoms with van der Waals surface area (Å²) in [5.41, 5.74) is 0.0122. The predicted molar refractivity (Wildman–Crippen MR) is 60.4 cm³/mol. The van der Waals surface area contributed by atoms with Crippen molar-refractivity contribution in [2.75, 3.05) is 0 Å². The van der Waals surface area contributed by atoms with Crippen LogP contribution >= 0.6 is 15.9 Å². The van der Waals surface area contributed by atoms with Crippen molar-refractivity contribution in [2.24, 2.45) is 0 Å². The van der Waals surface area contributed by atoms with Gasteiger partial charge in [0.05, 0.1) is 10.2 Å². The van der Waals surface area contributed by atoms with Crippen molar-refractivity contribution >= 4 is 15.9 Å². The lowest BCUT2D eigenvalue weighted by atomic mass is 10.3. The minimum Gasteiger partial charge on any atom is -0.267 e. The Morgan fingerprint density at radius 3 is 2.47 bits per heavy atom. The highest BCUT2D eigenvalue weighted by molar-refractivity contribution is 9.10. The molecule has 0 fully saturated rings. The van der Waals surface area contributed by atoms with Gasteiger partial charge in [-0.2, -0.15) is 0 Å².